The van der Waals surface area contributed by atoms with E-state index in [0.29, 0.717) is 28.0 Å². The van der Waals surface area contributed by atoms with Crippen molar-refractivity contribution in [2.75, 3.05) is 7.05 Å². The summed E-state index contributed by atoms with van der Waals surface area (Å²) in [7, 11) is 3.92. The predicted octanol–water partition coefficient (Wildman–Crippen LogP) is 4.41. The van der Waals surface area contributed by atoms with E-state index in [1.807, 2.05) is 47.6 Å². The van der Waals surface area contributed by atoms with Crippen molar-refractivity contribution in [2.24, 2.45) is 7.05 Å². The second-order valence-corrected chi connectivity index (χ2v) is 6.98. The molecule has 0 saturated heterocycles. The van der Waals surface area contributed by atoms with Crippen molar-refractivity contribution >= 4 is 35.4 Å². The first-order valence-electron chi connectivity index (χ1n) is 7.62. The van der Waals surface area contributed by atoms with Gasteiger partial charge in [0.15, 0.2) is 10.6 Å². The third-order valence-corrected chi connectivity index (χ3v) is 5.01. The third kappa shape index (κ3) is 4.10. The normalized spacial score (nSPS) is 11.2. The Kier molecular flexibility index (Phi) is 5.54. The van der Waals surface area contributed by atoms with E-state index in [0.717, 1.165) is 17.0 Å². The second-order valence-electron chi connectivity index (χ2n) is 5.80. The Morgan fingerprint density at radius 3 is 2.52 bits per heavy atom. The van der Waals surface area contributed by atoms with Gasteiger partial charge >= 0.3 is 0 Å². The van der Waals surface area contributed by atoms with Crippen LogP contribution >= 0.6 is 35.4 Å². The minimum absolute atomic E-state index is 0.557. The van der Waals surface area contributed by atoms with Crippen LogP contribution in [-0.2, 0) is 20.3 Å². The molecule has 2 aromatic heterocycles. The predicted molar refractivity (Wildman–Crippen MR) is 103 cm³/mol. The standard InChI is InChI=1S/C17H17Cl2N5S/c1-22(10-12-3-4-14(18)15(19)9-12)11-24-17(25)23(2)16(21-24)13-5-7-20-8-6-13/h3-9H,10-11H2,1-2H3. The fraction of sp³-hybridized carbons (Fsp3) is 0.235. The van der Waals surface area contributed by atoms with Crippen LogP contribution in [0, 0.1) is 4.77 Å². The third-order valence-electron chi connectivity index (χ3n) is 3.79. The van der Waals surface area contributed by atoms with Crippen LogP contribution in [0.3, 0.4) is 0 Å². The number of nitrogens with zero attached hydrogens (tertiary/aromatic N) is 5. The van der Waals surface area contributed by atoms with Gasteiger partial charge in [-0.25, -0.2) is 4.68 Å². The summed E-state index contributed by atoms with van der Waals surface area (Å²) in [6, 6.07) is 9.48. The molecule has 0 amide bonds. The molecule has 0 bridgehead atoms. The van der Waals surface area contributed by atoms with Gasteiger partial charge in [0.1, 0.15) is 0 Å². The fourth-order valence-corrected chi connectivity index (χ4v) is 3.07. The van der Waals surface area contributed by atoms with Crippen molar-refractivity contribution in [2.45, 2.75) is 13.2 Å². The van der Waals surface area contributed by atoms with E-state index in [1.54, 1.807) is 18.5 Å². The molecule has 0 spiro atoms. The highest BCUT2D eigenvalue weighted by atomic mass is 35.5. The summed E-state index contributed by atoms with van der Waals surface area (Å²) in [4.78, 5) is 6.15. The van der Waals surface area contributed by atoms with Crippen LogP contribution in [0.1, 0.15) is 5.56 Å². The molecule has 0 fully saturated rings. The zero-order valence-electron chi connectivity index (χ0n) is 13.9. The summed E-state index contributed by atoms with van der Waals surface area (Å²) in [5.41, 5.74) is 2.06. The van der Waals surface area contributed by atoms with E-state index in [4.69, 9.17) is 35.4 Å². The van der Waals surface area contributed by atoms with Crippen LogP contribution in [-0.4, -0.2) is 31.3 Å². The topological polar surface area (TPSA) is 38.9 Å². The van der Waals surface area contributed by atoms with E-state index < -0.39 is 0 Å². The molecule has 3 rings (SSSR count). The first-order chi connectivity index (χ1) is 12.0. The smallest absolute Gasteiger partial charge is 0.199 e. The minimum Gasteiger partial charge on any atom is -0.303 e. The second kappa shape index (κ2) is 7.66. The zero-order valence-corrected chi connectivity index (χ0v) is 16.2. The maximum atomic E-state index is 6.08. The van der Waals surface area contributed by atoms with Crippen molar-refractivity contribution in [1.82, 2.24) is 24.2 Å². The number of halogens is 2. The fourth-order valence-electron chi connectivity index (χ4n) is 2.56. The van der Waals surface area contributed by atoms with Gasteiger partial charge in [-0.05, 0) is 49.1 Å². The van der Waals surface area contributed by atoms with Gasteiger partial charge < -0.3 is 4.57 Å². The summed E-state index contributed by atoms with van der Waals surface area (Å²) in [6.45, 7) is 1.28. The maximum Gasteiger partial charge on any atom is 0.199 e. The molecule has 0 unspecified atom stereocenters. The van der Waals surface area contributed by atoms with Crippen LogP contribution in [0.25, 0.3) is 11.4 Å². The summed E-state index contributed by atoms with van der Waals surface area (Å²) >= 11 is 17.6. The monoisotopic (exact) mass is 393 g/mol. The Morgan fingerprint density at radius 2 is 1.84 bits per heavy atom. The van der Waals surface area contributed by atoms with Crippen LogP contribution in [0.2, 0.25) is 10.0 Å². The molecule has 1 aromatic carbocycles. The maximum absolute atomic E-state index is 6.08. The first kappa shape index (κ1) is 18.1. The van der Waals surface area contributed by atoms with Gasteiger partial charge in [-0.1, -0.05) is 29.3 Å². The van der Waals surface area contributed by atoms with Crippen molar-refractivity contribution in [3.8, 4) is 11.4 Å². The summed E-state index contributed by atoms with van der Waals surface area (Å²) in [5, 5.41) is 5.77. The molecule has 0 saturated carbocycles. The Balaban J connectivity index is 1.78. The van der Waals surface area contributed by atoms with Crippen LogP contribution in [0.4, 0.5) is 0 Å². The Bertz CT molecular complexity index is 936. The molecule has 8 heteroatoms. The Labute approximate surface area is 161 Å². The summed E-state index contributed by atoms with van der Waals surface area (Å²) < 4.78 is 4.37. The molecule has 25 heavy (non-hydrogen) atoms. The first-order valence-corrected chi connectivity index (χ1v) is 8.79. The highest BCUT2D eigenvalue weighted by Gasteiger charge is 2.11. The molecular weight excluding hydrogens is 377 g/mol. The molecule has 3 aromatic rings. The lowest BCUT2D eigenvalue weighted by Gasteiger charge is -2.16. The lowest BCUT2D eigenvalue weighted by Crippen LogP contribution is -2.22. The average molecular weight is 394 g/mol. The van der Waals surface area contributed by atoms with Gasteiger partial charge in [0.25, 0.3) is 0 Å². The van der Waals surface area contributed by atoms with Crippen LogP contribution < -0.4 is 0 Å². The quantitative estimate of drug-likeness (QED) is 0.601. The van der Waals surface area contributed by atoms with E-state index in [1.165, 1.54) is 0 Å². The summed E-state index contributed by atoms with van der Waals surface area (Å²) in [5.74, 6) is 0.815. The van der Waals surface area contributed by atoms with Crippen LogP contribution in [0.5, 0.6) is 0 Å². The molecule has 0 radical (unpaired) electrons. The van der Waals surface area contributed by atoms with Gasteiger partial charge in [0.2, 0.25) is 0 Å². The lowest BCUT2D eigenvalue weighted by molar-refractivity contribution is 0.244. The summed E-state index contributed by atoms with van der Waals surface area (Å²) in [6.07, 6.45) is 3.49. The van der Waals surface area contributed by atoms with Gasteiger partial charge in [-0.15, -0.1) is 0 Å². The Hall–Kier alpha value is -1.73. The molecule has 0 atom stereocenters. The number of rotatable bonds is 5. The van der Waals surface area contributed by atoms with Crippen molar-refractivity contribution in [1.29, 1.82) is 0 Å². The van der Waals surface area contributed by atoms with Gasteiger partial charge in [0.05, 0.1) is 16.7 Å². The molecule has 2 heterocycles. The van der Waals surface area contributed by atoms with Gasteiger partial charge in [-0.2, -0.15) is 5.10 Å². The SMILES string of the molecule is CN(Cc1ccc(Cl)c(Cl)c1)Cn1nc(-c2ccncc2)n(C)c1=S. The van der Waals surface area contributed by atoms with E-state index in [2.05, 4.69) is 15.0 Å². The molecule has 0 aliphatic carbocycles. The van der Waals surface area contributed by atoms with Crippen molar-refractivity contribution in [3.63, 3.8) is 0 Å². The van der Waals surface area contributed by atoms with Gasteiger partial charge in [-0.3, -0.25) is 9.88 Å². The zero-order chi connectivity index (χ0) is 18.0. The molecule has 5 nitrogen and oxygen atoms in total. The van der Waals surface area contributed by atoms with Crippen molar-refractivity contribution in [3.05, 3.63) is 63.1 Å². The van der Waals surface area contributed by atoms with Gasteiger partial charge in [0, 0.05) is 31.5 Å². The number of pyridine rings is 1. The number of hydrogen-bond donors (Lipinski definition) is 0. The number of hydrogen-bond acceptors (Lipinski definition) is 4. The van der Waals surface area contributed by atoms with Crippen LogP contribution in [0.15, 0.2) is 42.7 Å². The van der Waals surface area contributed by atoms with E-state index >= 15 is 0 Å². The molecule has 0 aliphatic heterocycles. The molecular formula is C17H17Cl2N5S. The van der Waals surface area contributed by atoms with Crippen molar-refractivity contribution < 1.29 is 0 Å². The molecule has 0 aliphatic rings. The lowest BCUT2D eigenvalue weighted by atomic mass is 10.2. The highest BCUT2D eigenvalue weighted by Crippen LogP contribution is 2.23. The Morgan fingerprint density at radius 1 is 1.12 bits per heavy atom. The number of benzene rings is 1. The molecule has 130 valence electrons. The highest BCUT2D eigenvalue weighted by molar-refractivity contribution is 7.71. The minimum atomic E-state index is 0.557. The van der Waals surface area contributed by atoms with E-state index in [9.17, 15) is 0 Å². The average Bonchev–Trinajstić information content (AvgIpc) is 2.87. The van der Waals surface area contributed by atoms with E-state index in [-0.39, 0.29) is 0 Å². The number of aromatic nitrogens is 4. The molecule has 0 N–H and O–H groups in total. The largest absolute Gasteiger partial charge is 0.303 e.